The summed E-state index contributed by atoms with van der Waals surface area (Å²) in [6.45, 7) is 3.37. The van der Waals surface area contributed by atoms with Crippen molar-refractivity contribution in [1.29, 1.82) is 0 Å². The van der Waals surface area contributed by atoms with E-state index < -0.39 is 0 Å². The first-order chi connectivity index (χ1) is 7.22. The number of hydrogen-bond acceptors (Lipinski definition) is 1. The summed E-state index contributed by atoms with van der Waals surface area (Å²) in [5.41, 5.74) is 1.06. The number of benzene rings is 1. The molecule has 0 heterocycles. The van der Waals surface area contributed by atoms with Crippen LogP contribution in [0.5, 0.6) is 0 Å². The van der Waals surface area contributed by atoms with Crippen LogP contribution in [-0.2, 0) is 11.2 Å². The predicted octanol–water partition coefficient (Wildman–Crippen LogP) is 3.40. The number of ether oxygens (including phenoxy) is 1. The normalized spacial score (nSPS) is 12.7. The summed E-state index contributed by atoms with van der Waals surface area (Å²) >= 11 is 6.12. The molecule has 1 aromatic carbocycles. The summed E-state index contributed by atoms with van der Waals surface area (Å²) in [5.74, 6) is -0.209. The molecule has 3 heteroatoms. The molecule has 84 valence electrons. The topological polar surface area (TPSA) is 9.23 Å². The van der Waals surface area contributed by atoms with E-state index in [1.54, 1.807) is 12.1 Å². The molecule has 0 aliphatic heterocycles. The fourth-order valence-electron chi connectivity index (χ4n) is 1.33. The van der Waals surface area contributed by atoms with E-state index in [0.717, 1.165) is 25.0 Å². The van der Waals surface area contributed by atoms with Gasteiger partial charge in [-0.1, -0.05) is 12.1 Å². The molecule has 0 spiro atoms. The smallest absolute Gasteiger partial charge is 0.123 e. The van der Waals surface area contributed by atoms with Crippen molar-refractivity contribution in [2.75, 3.05) is 13.2 Å². The number of alkyl halides is 1. The first-order valence-corrected chi connectivity index (χ1v) is 5.62. The molecule has 0 saturated carbocycles. The maximum absolute atomic E-state index is 12.6. The number of rotatable bonds is 6. The Balaban J connectivity index is 2.31. The zero-order valence-electron chi connectivity index (χ0n) is 8.88. The molecular formula is C12H16ClFO. The molecule has 1 aromatic rings. The van der Waals surface area contributed by atoms with Crippen molar-refractivity contribution in [3.63, 3.8) is 0 Å². The number of halogens is 2. The molecule has 0 radical (unpaired) electrons. The largest absolute Gasteiger partial charge is 0.382 e. The lowest BCUT2D eigenvalue weighted by Gasteiger charge is -2.09. The fraction of sp³-hybridized carbons (Fsp3) is 0.500. The second-order valence-corrected chi connectivity index (χ2v) is 4.03. The van der Waals surface area contributed by atoms with Gasteiger partial charge in [-0.05, 0) is 37.5 Å². The third kappa shape index (κ3) is 5.14. The van der Waals surface area contributed by atoms with E-state index in [1.165, 1.54) is 12.1 Å². The molecule has 15 heavy (non-hydrogen) atoms. The average Bonchev–Trinajstić information content (AvgIpc) is 2.22. The van der Waals surface area contributed by atoms with Gasteiger partial charge in [0.25, 0.3) is 0 Å². The molecule has 0 fully saturated rings. The van der Waals surface area contributed by atoms with Crippen molar-refractivity contribution < 1.29 is 9.13 Å². The molecule has 0 aromatic heterocycles. The summed E-state index contributed by atoms with van der Waals surface area (Å²) < 4.78 is 17.8. The van der Waals surface area contributed by atoms with Crippen LogP contribution in [0.4, 0.5) is 4.39 Å². The Kier molecular flexibility index (Phi) is 5.66. The van der Waals surface area contributed by atoms with Crippen LogP contribution in [0, 0.1) is 5.82 Å². The zero-order chi connectivity index (χ0) is 11.1. The van der Waals surface area contributed by atoms with Crippen molar-refractivity contribution in [2.24, 2.45) is 0 Å². The van der Waals surface area contributed by atoms with E-state index in [1.807, 2.05) is 6.92 Å². The van der Waals surface area contributed by atoms with Crippen LogP contribution in [0.15, 0.2) is 24.3 Å². The maximum atomic E-state index is 12.6. The van der Waals surface area contributed by atoms with Crippen molar-refractivity contribution in [2.45, 2.75) is 25.1 Å². The summed E-state index contributed by atoms with van der Waals surface area (Å²) in [4.78, 5) is 0. The second-order valence-electron chi connectivity index (χ2n) is 3.41. The van der Waals surface area contributed by atoms with Gasteiger partial charge in [0.05, 0.1) is 0 Å². The maximum Gasteiger partial charge on any atom is 0.123 e. The Hall–Kier alpha value is -0.600. The molecule has 0 aliphatic rings. The van der Waals surface area contributed by atoms with Crippen molar-refractivity contribution >= 4 is 11.6 Å². The summed E-state index contributed by atoms with van der Waals surface area (Å²) in [6.07, 6.45) is 1.59. The van der Waals surface area contributed by atoms with Crippen LogP contribution in [0.1, 0.15) is 18.9 Å². The minimum atomic E-state index is -0.209. The van der Waals surface area contributed by atoms with Crippen LogP contribution >= 0.6 is 11.6 Å². The Morgan fingerprint density at radius 1 is 1.33 bits per heavy atom. The van der Waals surface area contributed by atoms with Crippen LogP contribution in [0.3, 0.4) is 0 Å². The standard InChI is InChI=1S/C12H16ClFO/c1-2-15-8-7-11(13)9-10-3-5-12(14)6-4-10/h3-6,11H,2,7-9H2,1H3. The molecule has 0 saturated heterocycles. The average molecular weight is 231 g/mol. The summed E-state index contributed by atoms with van der Waals surface area (Å²) in [6, 6.07) is 6.46. The van der Waals surface area contributed by atoms with Gasteiger partial charge in [-0.25, -0.2) is 4.39 Å². The molecule has 1 nitrogen and oxygen atoms in total. The van der Waals surface area contributed by atoms with E-state index in [9.17, 15) is 4.39 Å². The van der Waals surface area contributed by atoms with Crippen molar-refractivity contribution in [3.8, 4) is 0 Å². The van der Waals surface area contributed by atoms with E-state index in [2.05, 4.69) is 0 Å². The lowest BCUT2D eigenvalue weighted by molar-refractivity contribution is 0.144. The van der Waals surface area contributed by atoms with Gasteiger partial charge in [-0.2, -0.15) is 0 Å². The minimum absolute atomic E-state index is 0.0574. The van der Waals surface area contributed by atoms with Gasteiger partial charge in [0.15, 0.2) is 0 Å². The van der Waals surface area contributed by atoms with Gasteiger partial charge in [0.2, 0.25) is 0 Å². The van der Waals surface area contributed by atoms with Crippen molar-refractivity contribution in [1.82, 2.24) is 0 Å². The zero-order valence-corrected chi connectivity index (χ0v) is 9.64. The minimum Gasteiger partial charge on any atom is -0.382 e. The second kappa shape index (κ2) is 6.81. The Morgan fingerprint density at radius 3 is 2.60 bits per heavy atom. The molecular weight excluding hydrogens is 215 g/mol. The fourth-order valence-corrected chi connectivity index (χ4v) is 1.60. The Morgan fingerprint density at radius 2 is 2.00 bits per heavy atom. The summed E-state index contributed by atoms with van der Waals surface area (Å²) in [5, 5.41) is 0.0574. The van der Waals surface area contributed by atoms with Gasteiger partial charge in [0.1, 0.15) is 5.82 Å². The van der Waals surface area contributed by atoms with E-state index >= 15 is 0 Å². The van der Waals surface area contributed by atoms with Crippen LogP contribution < -0.4 is 0 Å². The number of hydrogen-bond donors (Lipinski definition) is 0. The van der Waals surface area contributed by atoms with Crippen molar-refractivity contribution in [3.05, 3.63) is 35.6 Å². The highest BCUT2D eigenvalue weighted by Crippen LogP contribution is 2.12. The first kappa shape index (κ1) is 12.5. The van der Waals surface area contributed by atoms with E-state index in [0.29, 0.717) is 6.61 Å². The lowest BCUT2D eigenvalue weighted by atomic mass is 10.1. The lowest BCUT2D eigenvalue weighted by Crippen LogP contribution is -2.07. The SMILES string of the molecule is CCOCCC(Cl)Cc1ccc(F)cc1. The van der Waals surface area contributed by atoms with E-state index in [4.69, 9.17) is 16.3 Å². The monoisotopic (exact) mass is 230 g/mol. The van der Waals surface area contributed by atoms with Gasteiger partial charge < -0.3 is 4.74 Å². The molecule has 0 bridgehead atoms. The molecule has 0 N–H and O–H groups in total. The molecule has 1 unspecified atom stereocenters. The predicted molar refractivity (Wildman–Crippen MR) is 60.9 cm³/mol. The van der Waals surface area contributed by atoms with Crippen LogP contribution in [-0.4, -0.2) is 18.6 Å². The van der Waals surface area contributed by atoms with Gasteiger partial charge in [-0.15, -0.1) is 11.6 Å². The third-order valence-electron chi connectivity index (χ3n) is 2.15. The Labute approximate surface area is 95.2 Å². The van der Waals surface area contributed by atoms with Crippen LogP contribution in [0.25, 0.3) is 0 Å². The molecule has 1 atom stereocenters. The van der Waals surface area contributed by atoms with E-state index in [-0.39, 0.29) is 11.2 Å². The van der Waals surface area contributed by atoms with Gasteiger partial charge in [-0.3, -0.25) is 0 Å². The highest BCUT2D eigenvalue weighted by molar-refractivity contribution is 6.20. The molecule has 0 amide bonds. The van der Waals surface area contributed by atoms with Gasteiger partial charge in [0, 0.05) is 18.6 Å². The Bertz CT molecular complexity index is 273. The summed E-state index contributed by atoms with van der Waals surface area (Å²) in [7, 11) is 0. The van der Waals surface area contributed by atoms with Gasteiger partial charge >= 0.3 is 0 Å². The molecule has 0 aliphatic carbocycles. The quantitative estimate of drug-likeness (QED) is 0.538. The first-order valence-electron chi connectivity index (χ1n) is 5.18. The van der Waals surface area contributed by atoms with Crippen LogP contribution in [0.2, 0.25) is 0 Å². The highest BCUT2D eigenvalue weighted by atomic mass is 35.5. The third-order valence-corrected chi connectivity index (χ3v) is 2.52. The highest BCUT2D eigenvalue weighted by Gasteiger charge is 2.05. The molecule has 1 rings (SSSR count).